The molecule has 0 heterocycles. The molecule has 0 spiro atoms. The highest BCUT2D eigenvalue weighted by atomic mass is 14.1. The van der Waals surface area contributed by atoms with Crippen LogP contribution in [0.2, 0.25) is 0 Å². The number of hydrogen-bond acceptors (Lipinski definition) is 0. The lowest BCUT2D eigenvalue weighted by molar-refractivity contribution is 0.356. The third kappa shape index (κ3) is 30.1. The molecule has 35 heavy (non-hydrogen) atoms. The van der Waals surface area contributed by atoms with Crippen molar-refractivity contribution in [3.05, 3.63) is 0 Å². The van der Waals surface area contributed by atoms with Crippen LogP contribution in [0.3, 0.4) is 0 Å². The fourth-order valence-electron chi connectivity index (χ4n) is 5.94. The van der Waals surface area contributed by atoms with Gasteiger partial charge in [-0.3, -0.25) is 0 Å². The molecule has 0 saturated carbocycles. The summed E-state index contributed by atoms with van der Waals surface area (Å²) in [6, 6.07) is 0. The number of rotatable bonds is 30. The first-order valence-corrected chi connectivity index (χ1v) is 17.2. The van der Waals surface area contributed by atoms with Crippen molar-refractivity contribution in [1.82, 2.24) is 0 Å². The zero-order valence-electron chi connectivity index (χ0n) is 25.7. The van der Waals surface area contributed by atoms with E-state index in [1.165, 1.54) is 186 Å². The van der Waals surface area contributed by atoms with E-state index in [2.05, 4.69) is 27.7 Å². The van der Waals surface area contributed by atoms with E-state index >= 15 is 0 Å². The van der Waals surface area contributed by atoms with E-state index in [4.69, 9.17) is 0 Å². The van der Waals surface area contributed by atoms with E-state index in [0.717, 1.165) is 11.8 Å². The van der Waals surface area contributed by atoms with Crippen molar-refractivity contribution in [2.75, 3.05) is 0 Å². The predicted molar refractivity (Wildman–Crippen MR) is 164 cm³/mol. The molecule has 0 saturated heterocycles. The smallest absolute Gasteiger partial charge is 0.0440 e. The summed E-state index contributed by atoms with van der Waals surface area (Å²) in [6.07, 6.45) is 42.6. The summed E-state index contributed by atoms with van der Waals surface area (Å²) >= 11 is 0. The molecule has 0 aliphatic rings. The van der Waals surface area contributed by atoms with Gasteiger partial charge in [0.25, 0.3) is 0 Å². The van der Waals surface area contributed by atoms with Crippen molar-refractivity contribution in [3.63, 3.8) is 0 Å². The maximum Gasteiger partial charge on any atom is -0.0440 e. The van der Waals surface area contributed by atoms with Gasteiger partial charge in [0.15, 0.2) is 0 Å². The molecule has 0 aromatic heterocycles. The van der Waals surface area contributed by atoms with Crippen molar-refractivity contribution in [2.45, 2.75) is 214 Å². The summed E-state index contributed by atoms with van der Waals surface area (Å²) in [5.74, 6) is 1.89. The Morgan fingerprint density at radius 2 is 0.486 bits per heavy atom. The lowest BCUT2D eigenvalue weighted by Gasteiger charge is -2.17. The van der Waals surface area contributed by atoms with Crippen LogP contribution in [-0.2, 0) is 0 Å². The highest BCUT2D eigenvalue weighted by Gasteiger charge is 2.08. The van der Waals surface area contributed by atoms with Gasteiger partial charge >= 0.3 is 0 Å². The van der Waals surface area contributed by atoms with E-state index in [1.54, 1.807) is 0 Å². The first-order chi connectivity index (χ1) is 17.2. The Kier molecular flexibility index (Phi) is 30.2. The zero-order valence-corrected chi connectivity index (χ0v) is 25.7. The summed E-state index contributed by atoms with van der Waals surface area (Å²) in [7, 11) is 0. The van der Waals surface area contributed by atoms with Gasteiger partial charge in [-0.15, -0.1) is 0 Å². The topological polar surface area (TPSA) is 0 Å². The van der Waals surface area contributed by atoms with Crippen LogP contribution < -0.4 is 0 Å². The van der Waals surface area contributed by atoms with Crippen molar-refractivity contribution < 1.29 is 0 Å². The molecule has 0 fully saturated rings. The van der Waals surface area contributed by atoms with Gasteiger partial charge in [-0.05, 0) is 18.3 Å². The Labute approximate surface area is 225 Å². The summed E-state index contributed by atoms with van der Waals surface area (Å²) in [4.78, 5) is 0. The van der Waals surface area contributed by atoms with Gasteiger partial charge in [-0.1, -0.05) is 207 Å². The van der Waals surface area contributed by atoms with Crippen LogP contribution in [0.25, 0.3) is 0 Å². The molecule has 212 valence electrons. The molecule has 0 heteroatoms. The summed E-state index contributed by atoms with van der Waals surface area (Å²) in [5, 5.41) is 0. The van der Waals surface area contributed by atoms with Gasteiger partial charge in [0.1, 0.15) is 0 Å². The van der Waals surface area contributed by atoms with Crippen molar-refractivity contribution in [2.24, 2.45) is 11.8 Å². The lowest BCUT2D eigenvalue weighted by atomic mass is 9.89. The van der Waals surface area contributed by atoms with Gasteiger partial charge in [0.2, 0.25) is 0 Å². The van der Waals surface area contributed by atoms with Crippen LogP contribution in [0, 0.1) is 11.8 Å². The Bertz CT molecular complexity index is 359. The van der Waals surface area contributed by atoms with Gasteiger partial charge in [0.05, 0.1) is 0 Å². The van der Waals surface area contributed by atoms with E-state index in [-0.39, 0.29) is 0 Å². The minimum atomic E-state index is 0.944. The molecule has 0 aliphatic carbocycles. The third-order valence-corrected chi connectivity index (χ3v) is 8.41. The minimum Gasteiger partial charge on any atom is -0.0654 e. The molecule has 0 aromatic rings. The van der Waals surface area contributed by atoms with Crippen LogP contribution in [0.4, 0.5) is 0 Å². The van der Waals surface area contributed by atoms with Crippen molar-refractivity contribution >= 4 is 0 Å². The van der Waals surface area contributed by atoms with Gasteiger partial charge < -0.3 is 0 Å². The maximum absolute atomic E-state index is 2.51. The molecule has 0 radical (unpaired) electrons. The third-order valence-electron chi connectivity index (χ3n) is 8.41. The average molecular weight is 493 g/mol. The molecular weight excluding hydrogens is 420 g/mol. The second-order valence-corrected chi connectivity index (χ2v) is 12.5. The molecule has 0 amide bonds. The second kappa shape index (κ2) is 30.2. The Morgan fingerprint density at radius 3 is 0.714 bits per heavy atom. The van der Waals surface area contributed by atoms with Crippen LogP contribution in [-0.4, -0.2) is 0 Å². The molecule has 2 unspecified atom stereocenters. The Morgan fingerprint density at radius 1 is 0.286 bits per heavy atom. The van der Waals surface area contributed by atoms with Gasteiger partial charge in [-0.25, -0.2) is 0 Å². The first-order valence-electron chi connectivity index (χ1n) is 17.2. The molecule has 0 aromatic carbocycles. The van der Waals surface area contributed by atoms with E-state index in [1.807, 2.05) is 0 Å². The normalized spacial score (nSPS) is 13.4. The van der Waals surface area contributed by atoms with Crippen molar-refractivity contribution in [1.29, 1.82) is 0 Å². The van der Waals surface area contributed by atoms with E-state index < -0.39 is 0 Å². The van der Waals surface area contributed by atoms with E-state index in [9.17, 15) is 0 Å². The summed E-state index contributed by atoms with van der Waals surface area (Å²) in [6.45, 7) is 9.65. The molecular formula is C35H72. The number of unbranched alkanes of at least 4 members (excludes halogenated alkanes) is 24. The predicted octanol–water partition coefficient (Wildman–Crippen LogP) is 13.6. The Balaban J connectivity index is 3.27. The summed E-state index contributed by atoms with van der Waals surface area (Å²) in [5.41, 5.74) is 0. The first kappa shape index (κ1) is 35.0. The van der Waals surface area contributed by atoms with Crippen LogP contribution in [0.1, 0.15) is 214 Å². The Hall–Kier alpha value is 0. The highest BCUT2D eigenvalue weighted by molar-refractivity contribution is 4.61. The summed E-state index contributed by atoms with van der Waals surface area (Å²) < 4.78 is 0. The number of hydrogen-bond donors (Lipinski definition) is 0. The minimum absolute atomic E-state index is 0.944. The molecule has 0 nitrogen and oxygen atoms in total. The molecule has 0 aliphatic heterocycles. The average Bonchev–Trinajstić information content (AvgIpc) is 2.85. The van der Waals surface area contributed by atoms with Gasteiger partial charge in [0, 0.05) is 0 Å². The largest absolute Gasteiger partial charge is 0.0654 e. The van der Waals surface area contributed by atoms with Crippen LogP contribution in [0.15, 0.2) is 0 Å². The lowest BCUT2D eigenvalue weighted by Crippen LogP contribution is -2.03. The monoisotopic (exact) mass is 493 g/mol. The quantitative estimate of drug-likeness (QED) is 0.0874. The molecule has 0 N–H and O–H groups in total. The SMILES string of the molecule is CCCCCCCCCCCCCCCCC(C)CC(C)CCCCCCCCCCCCCC. The standard InChI is InChI=1S/C35H72/c1-5-7-9-11-13-15-17-19-20-22-24-26-28-30-32-35(4)33-34(3)31-29-27-25-23-21-18-16-14-12-10-8-6-2/h34-35H,5-33H2,1-4H3. The van der Waals surface area contributed by atoms with E-state index in [0.29, 0.717) is 0 Å². The highest BCUT2D eigenvalue weighted by Crippen LogP contribution is 2.23. The molecule has 0 rings (SSSR count). The fourth-order valence-corrected chi connectivity index (χ4v) is 5.94. The fraction of sp³-hybridized carbons (Fsp3) is 1.00. The zero-order chi connectivity index (χ0) is 25.7. The molecule has 0 bridgehead atoms. The van der Waals surface area contributed by atoms with Gasteiger partial charge in [-0.2, -0.15) is 0 Å². The molecule has 2 atom stereocenters. The van der Waals surface area contributed by atoms with Crippen LogP contribution >= 0.6 is 0 Å². The maximum atomic E-state index is 2.51. The van der Waals surface area contributed by atoms with Crippen LogP contribution in [0.5, 0.6) is 0 Å². The second-order valence-electron chi connectivity index (χ2n) is 12.5. The van der Waals surface area contributed by atoms with Crippen molar-refractivity contribution in [3.8, 4) is 0 Å².